The number of likely N-dealkylation sites (tertiary alicyclic amines) is 1. The van der Waals surface area contributed by atoms with Crippen molar-refractivity contribution in [3.63, 3.8) is 0 Å². The van der Waals surface area contributed by atoms with Gasteiger partial charge in [-0.05, 0) is 19.3 Å². The number of hydrogen-bond acceptors (Lipinski definition) is 3. The van der Waals surface area contributed by atoms with Gasteiger partial charge in [-0.15, -0.1) is 0 Å². The van der Waals surface area contributed by atoms with E-state index in [1.165, 1.54) is 0 Å². The second-order valence-electron chi connectivity index (χ2n) is 5.34. The fourth-order valence-electron chi connectivity index (χ4n) is 3.17. The van der Waals surface area contributed by atoms with Gasteiger partial charge in [0, 0.05) is 38.1 Å². The van der Waals surface area contributed by atoms with E-state index in [-0.39, 0.29) is 0 Å². The number of amides is 1. The number of carbonyl (C=O) groups is 1. The highest BCUT2D eigenvalue weighted by molar-refractivity contribution is 5.75. The van der Waals surface area contributed by atoms with Gasteiger partial charge in [-0.25, -0.2) is 0 Å². The van der Waals surface area contributed by atoms with Crippen LogP contribution in [0.25, 0.3) is 0 Å². The smallest absolute Gasteiger partial charge is 0.222 e. The molecule has 2 heterocycles. The fraction of sp³-hybridized carbons (Fsp3) is 0.929. The molecular weight excluding hydrogens is 228 g/mol. The zero-order valence-electron chi connectivity index (χ0n) is 11.7. The van der Waals surface area contributed by atoms with Crippen molar-refractivity contribution in [2.24, 2.45) is 0 Å². The van der Waals surface area contributed by atoms with Crippen molar-refractivity contribution in [1.29, 1.82) is 0 Å². The summed E-state index contributed by atoms with van der Waals surface area (Å²) in [5.74, 6) is 0.308. The summed E-state index contributed by atoms with van der Waals surface area (Å²) >= 11 is 0. The molecule has 0 aromatic heterocycles. The van der Waals surface area contributed by atoms with Crippen molar-refractivity contribution in [2.75, 3.05) is 32.8 Å². The lowest BCUT2D eigenvalue weighted by molar-refractivity contribution is -0.133. The van der Waals surface area contributed by atoms with Crippen molar-refractivity contribution in [3.05, 3.63) is 0 Å². The van der Waals surface area contributed by atoms with E-state index in [0.29, 0.717) is 24.4 Å². The first-order valence-electron chi connectivity index (χ1n) is 7.37. The average molecular weight is 254 g/mol. The highest BCUT2D eigenvalue weighted by Crippen LogP contribution is 2.22. The summed E-state index contributed by atoms with van der Waals surface area (Å²) in [6.45, 7) is 8.86. The maximum absolute atomic E-state index is 11.7. The molecule has 104 valence electrons. The molecular formula is C14H26N2O2. The van der Waals surface area contributed by atoms with Gasteiger partial charge in [0.1, 0.15) is 0 Å². The minimum Gasteiger partial charge on any atom is -0.378 e. The van der Waals surface area contributed by atoms with E-state index in [4.69, 9.17) is 4.74 Å². The third-order valence-corrected chi connectivity index (χ3v) is 4.33. The quantitative estimate of drug-likeness (QED) is 0.765. The Morgan fingerprint density at radius 2 is 1.94 bits per heavy atom. The van der Waals surface area contributed by atoms with Crippen molar-refractivity contribution in [3.8, 4) is 0 Å². The van der Waals surface area contributed by atoms with Gasteiger partial charge >= 0.3 is 0 Å². The zero-order valence-corrected chi connectivity index (χ0v) is 11.7. The lowest BCUT2D eigenvalue weighted by Crippen LogP contribution is -2.54. The van der Waals surface area contributed by atoms with Gasteiger partial charge in [0.2, 0.25) is 5.91 Å². The maximum atomic E-state index is 11.7. The molecule has 2 saturated heterocycles. The number of carbonyl (C=O) groups excluding carboxylic acids is 1. The van der Waals surface area contributed by atoms with Gasteiger partial charge in [-0.1, -0.05) is 13.8 Å². The summed E-state index contributed by atoms with van der Waals surface area (Å²) in [5.41, 5.74) is 0. The lowest BCUT2D eigenvalue weighted by atomic mass is 9.99. The van der Waals surface area contributed by atoms with Crippen molar-refractivity contribution < 1.29 is 9.53 Å². The molecule has 0 bridgehead atoms. The van der Waals surface area contributed by atoms with Crippen LogP contribution in [-0.2, 0) is 9.53 Å². The van der Waals surface area contributed by atoms with E-state index in [1.54, 1.807) is 0 Å². The Bertz CT molecular complexity index is 275. The summed E-state index contributed by atoms with van der Waals surface area (Å²) in [4.78, 5) is 16.3. The Hall–Kier alpha value is -0.610. The van der Waals surface area contributed by atoms with Gasteiger partial charge < -0.3 is 9.64 Å². The first-order valence-corrected chi connectivity index (χ1v) is 7.37. The summed E-state index contributed by atoms with van der Waals surface area (Å²) in [6, 6.07) is 1.23. The fourth-order valence-corrected chi connectivity index (χ4v) is 3.17. The largest absolute Gasteiger partial charge is 0.378 e. The van der Waals surface area contributed by atoms with E-state index < -0.39 is 0 Å². The SMILES string of the molecule is CCC(=O)N1CCC(N2CCOCC2CC)CC1. The van der Waals surface area contributed by atoms with Crippen molar-refractivity contribution in [1.82, 2.24) is 9.80 Å². The maximum Gasteiger partial charge on any atom is 0.222 e. The van der Waals surface area contributed by atoms with Gasteiger partial charge in [0.25, 0.3) is 0 Å². The first kappa shape index (κ1) is 13.8. The number of nitrogens with zero attached hydrogens (tertiary/aromatic N) is 2. The molecule has 4 heteroatoms. The number of rotatable bonds is 3. The first-order chi connectivity index (χ1) is 8.76. The second kappa shape index (κ2) is 6.53. The van der Waals surface area contributed by atoms with Crippen LogP contribution in [0.4, 0.5) is 0 Å². The van der Waals surface area contributed by atoms with Crippen LogP contribution in [0.3, 0.4) is 0 Å². The molecule has 18 heavy (non-hydrogen) atoms. The van der Waals surface area contributed by atoms with E-state index in [9.17, 15) is 4.79 Å². The Morgan fingerprint density at radius 1 is 1.22 bits per heavy atom. The predicted octanol–water partition coefficient (Wildman–Crippen LogP) is 1.50. The minimum atomic E-state index is 0.308. The summed E-state index contributed by atoms with van der Waals surface area (Å²) < 4.78 is 5.56. The topological polar surface area (TPSA) is 32.8 Å². The molecule has 0 aromatic rings. The molecule has 0 radical (unpaired) electrons. The van der Waals surface area contributed by atoms with Gasteiger partial charge in [-0.3, -0.25) is 9.69 Å². The van der Waals surface area contributed by atoms with Crippen LogP contribution < -0.4 is 0 Å². The third kappa shape index (κ3) is 3.04. The average Bonchev–Trinajstić information content (AvgIpc) is 2.46. The van der Waals surface area contributed by atoms with Gasteiger partial charge in [0.05, 0.1) is 13.2 Å². The third-order valence-electron chi connectivity index (χ3n) is 4.33. The molecule has 2 aliphatic rings. The highest BCUT2D eigenvalue weighted by Gasteiger charge is 2.31. The Labute approximate surface area is 110 Å². The van der Waals surface area contributed by atoms with Crippen LogP contribution in [0.2, 0.25) is 0 Å². The van der Waals surface area contributed by atoms with Crippen LogP contribution in [0.5, 0.6) is 0 Å². The number of morpholine rings is 1. The summed E-state index contributed by atoms with van der Waals surface area (Å²) in [5, 5.41) is 0. The number of piperidine rings is 1. The van der Waals surface area contributed by atoms with Gasteiger partial charge in [0.15, 0.2) is 0 Å². The van der Waals surface area contributed by atoms with Crippen LogP contribution in [-0.4, -0.2) is 60.6 Å². The normalized spacial score (nSPS) is 27.4. The molecule has 2 fully saturated rings. The van der Waals surface area contributed by atoms with E-state index in [1.807, 2.05) is 11.8 Å². The standard InChI is InChI=1S/C14H26N2O2/c1-3-12-11-18-10-9-16(12)13-5-7-15(8-6-13)14(17)4-2/h12-13H,3-11H2,1-2H3. The Morgan fingerprint density at radius 3 is 2.56 bits per heavy atom. The Kier molecular flexibility index (Phi) is 5.01. The molecule has 1 unspecified atom stereocenters. The predicted molar refractivity (Wildman–Crippen MR) is 71.5 cm³/mol. The molecule has 2 rings (SSSR count). The summed E-state index contributed by atoms with van der Waals surface area (Å²) in [6.07, 6.45) is 4.05. The zero-order chi connectivity index (χ0) is 13.0. The van der Waals surface area contributed by atoms with Crippen LogP contribution in [0.1, 0.15) is 39.5 Å². The molecule has 0 aromatic carbocycles. The van der Waals surface area contributed by atoms with Crippen molar-refractivity contribution >= 4 is 5.91 Å². The van der Waals surface area contributed by atoms with Crippen LogP contribution in [0, 0.1) is 0 Å². The molecule has 2 aliphatic heterocycles. The van der Waals surface area contributed by atoms with Crippen LogP contribution in [0.15, 0.2) is 0 Å². The molecule has 4 nitrogen and oxygen atoms in total. The molecule has 1 amide bonds. The molecule has 0 spiro atoms. The second-order valence-corrected chi connectivity index (χ2v) is 5.34. The highest BCUT2D eigenvalue weighted by atomic mass is 16.5. The molecule has 0 saturated carbocycles. The van der Waals surface area contributed by atoms with E-state index in [0.717, 1.165) is 52.1 Å². The summed E-state index contributed by atoms with van der Waals surface area (Å²) in [7, 11) is 0. The number of ether oxygens (including phenoxy) is 1. The van der Waals surface area contributed by atoms with Gasteiger partial charge in [-0.2, -0.15) is 0 Å². The lowest BCUT2D eigenvalue weighted by Gasteiger charge is -2.44. The Balaban J connectivity index is 1.86. The molecule has 0 aliphatic carbocycles. The van der Waals surface area contributed by atoms with Crippen LogP contribution >= 0.6 is 0 Å². The van der Waals surface area contributed by atoms with Crippen molar-refractivity contribution in [2.45, 2.75) is 51.6 Å². The molecule has 0 N–H and O–H groups in total. The molecule has 1 atom stereocenters. The van der Waals surface area contributed by atoms with E-state index in [2.05, 4.69) is 11.8 Å². The minimum absolute atomic E-state index is 0.308. The number of hydrogen-bond donors (Lipinski definition) is 0. The van der Waals surface area contributed by atoms with E-state index >= 15 is 0 Å². The monoisotopic (exact) mass is 254 g/mol.